The molecule has 0 aliphatic heterocycles. The van der Waals surface area contributed by atoms with Crippen molar-refractivity contribution in [3.05, 3.63) is 48.0 Å². The van der Waals surface area contributed by atoms with Crippen molar-refractivity contribution in [3.63, 3.8) is 0 Å². The van der Waals surface area contributed by atoms with Crippen LogP contribution in [0.15, 0.2) is 42.5 Å². The summed E-state index contributed by atoms with van der Waals surface area (Å²) < 4.78 is 15.4. The summed E-state index contributed by atoms with van der Waals surface area (Å²) in [5.41, 5.74) is 2.03. The summed E-state index contributed by atoms with van der Waals surface area (Å²) in [5.74, 6) is 0.312. The van der Waals surface area contributed by atoms with Crippen molar-refractivity contribution in [2.45, 2.75) is 19.8 Å². The van der Waals surface area contributed by atoms with E-state index in [4.69, 9.17) is 9.47 Å². The monoisotopic (exact) mass is 412 g/mol. The van der Waals surface area contributed by atoms with E-state index in [0.29, 0.717) is 22.9 Å². The number of hydrogen-bond acceptors (Lipinski definition) is 6. The third-order valence-corrected chi connectivity index (χ3v) is 4.48. The molecule has 3 rings (SSSR count). The Hall–Kier alpha value is -3.55. The lowest BCUT2D eigenvalue weighted by Gasteiger charge is -2.12. The molecule has 0 bridgehead atoms. The molecule has 158 valence electrons. The normalized spacial score (nSPS) is 12.6. The van der Waals surface area contributed by atoms with Crippen LogP contribution < -0.4 is 20.1 Å². The van der Waals surface area contributed by atoms with Gasteiger partial charge in [-0.1, -0.05) is 6.07 Å². The molecule has 1 aliphatic carbocycles. The quantitative estimate of drug-likeness (QED) is 0.614. The zero-order valence-corrected chi connectivity index (χ0v) is 16.9. The summed E-state index contributed by atoms with van der Waals surface area (Å²) in [6.45, 7) is 1.45. The molecule has 0 aromatic heterocycles. The number of anilines is 2. The molecule has 1 saturated carbocycles. The number of carbonyl (C=O) groups is 3. The van der Waals surface area contributed by atoms with Gasteiger partial charge in [-0.15, -0.1) is 0 Å². The number of nitrogens with one attached hydrogen (secondary N) is 2. The number of carbonyl (C=O) groups excluding carboxylic acids is 3. The van der Waals surface area contributed by atoms with Crippen LogP contribution in [0.4, 0.5) is 11.4 Å². The lowest BCUT2D eigenvalue weighted by Crippen LogP contribution is -2.21. The van der Waals surface area contributed by atoms with Gasteiger partial charge in [0, 0.05) is 23.4 Å². The summed E-state index contributed by atoms with van der Waals surface area (Å²) >= 11 is 0. The van der Waals surface area contributed by atoms with Crippen LogP contribution in [0.3, 0.4) is 0 Å². The molecule has 0 unspecified atom stereocenters. The third kappa shape index (κ3) is 6.23. The minimum atomic E-state index is -0.474. The van der Waals surface area contributed by atoms with Gasteiger partial charge in [-0.05, 0) is 55.7 Å². The molecular formula is C22H24N2O6. The highest BCUT2D eigenvalue weighted by atomic mass is 16.6. The predicted octanol–water partition coefficient (Wildman–Crippen LogP) is 2.91. The Morgan fingerprint density at radius 3 is 2.40 bits per heavy atom. The van der Waals surface area contributed by atoms with E-state index < -0.39 is 5.97 Å². The van der Waals surface area contributed by atoms with Gasteiger partial charge >= 0.3 is 5.97 Å². The maximum atomic E-state index is 12.2. The van der Waals surface area contributed by atoms with Gasteiger partial charge in [0.05, 0.1) is 7.11 Å². The van der Waals surface area contributed by atoms with E-state index in [1.807, 2.05) is 6.92 Å². The average molecular weight is 412 g/mol. The molecule has 0 atom stereocenters. The van der Waals surface area contributed by atoms with Crippen LogP contribution in [-0.4, -0.2) is 38.1 Å². The Labute approximate surface area is 174 Å². The molecule has 2 amide bonds. The first-order valence-corrected chi connectivity index (χ1v) is 9.58. The fourth-order valence-electron chi connectivity index (χ4n) is 2.66. The summed E-state index contributed by atoms with van der Waals surface area (Å²) in [7, 11) is 1.29. The molecule has 0 heterocycles. The SMILES string of the molecule is COC(=O)COc1ccc(NC(=O)COc2cccc(NC(=O)C3CC3)c2)c(C)c1. The number of ether oxygens (including phenoxy) is 3. The van der Waals surface area contributed by atoms with Gasteiger partial charge in [0.15, 0.2) is 13.2 Å². The van der Waals surface area contributed by atoms with E-state index in [2.05, 4.69) is 15.4 Å². The largest absolute Gasteiger partial charge is 0.484 e. The maximum Gasteiger partial charge on any atom is 0.343 e. The number of aryl methyl sites for hydroxylation is 1. The minimum Gasteiger partial charge on any atom is -0.484 e. The summed E-state index contributed by atoms with van der Waals surface area (Å²) in [5, 5.41) is 5.62. The van der Waals surface area contributed by atoms with Crippen LogP contribution in [0.5, 0.6) is 11.5 Å². The van der Waals surface area contributed by atoms with E-state index >= 15 is 0 Å². The molecule has 0 spiro atoms. The number of benzene rings is 2. The molecule has 2 aromatic carbocycles. The second kappa shape index (κ2) is 9.78. The summed E-state index contributed by atoms with van der Waals surface area (Å²) in [4.78, 5) is 35.2. The molecule has 0 radical (unpaired) electrons. The Balaban J connectivity index is 1.49. The average Bonchev–Trinajstić information content (AvgIpc) is 3.58. The zero-order valence-electron chi connectivity index (χ0n) is 16.9. The van der Waals surface area contributed by atoms with Crippen molar-refractivity contribution in [3.8, 4) is 11.5 Å². The highest BCUT2D eigenvalue weighted by molar-refractivity contribution is 5.94. The summed E-state index contributed by atoms with van der Waals surface area (Å²) in [6, 6.07) is 12.0. The first kappa shape index (κ1) is 21.2. The zero-order chi connectivity index (χ0) is 21.5. The van der Waals surface area contributed by atoms with Crippen LogP contribution in [0, 0.1) is 12.8 Å². The van der Waals surface area contributed by atoms with Crippen molar-refractivity contribution in [1.82, 2.24) is 0 Å². The number of methoxy groups -OCH3 is 1. The van der Waals surface area contributed by atoms with Crippen molar-refractivity contribution in [1.29, 1.82) is 0 Å². The molecule has 8 heteroatoms. The van der Waals surface area contributed by atoms with E-state index in [1.165, 1.54) is 7.11 Å². The van der Waals surface area contributed by atoms with Gasteiger partial charge < -0.3 is 24.8 Å². The number of amides is 2. The van der Waals surface area contributed by atoms with E-state index in [-0.39, 0.29) is 30.9 Å². The van der Waals surface area contributed by atoms with E-state index in [0.717, 1.165) is 18.4 Å². The highest BCUT2D eigenvalue weighted by Gasteiger charge is 2.29. The highest BCUT2D eigenvalue weighted by Crippen LogP contribution is 2.30. The van der Waals surface area contributed by atoms with Crippen molar-refractivity contribution < 1.29 is 28.6 Å². The molecule has 0 saturated heterocycles. The first-order valence-electron chi connectivity index (χ1n) is 9.58. The predicted molar refractivity (Wildman–Crippen MR) is 111 cm³/mol. The molecule has 8 nitrogen and oxygen atoms in total. The Kier molecular flexibility index (Phi) is 6.90. The Bertz CT molecular complexity index is 939. The fraction of sp³-hybridized carbons (Fsp3) is 0.318. The molecule has 30 heavy (non-hydrogen) atoms. The molecule has 1 fully saturated rings. The van der Waals surface area contributed by atoms with Crippen LogP contribution in [0.25, 0.3) is 0 Å². The van der Waals surface area contributed by atoms with Crippen LogP contribution in [-0.2, 0) is 19.1 Å². The number of hydrogen-bond donors (Lipinski definition) is 2. The molecular weight excluding hydrogens is 388 g/mol. The van der Waals surface area contributed by atoms with E-state index in [1.54, 1.807) is 42.5 Å². The topological polar surface area (TPSA) is 103 Å². The number of rotatable bonds is 9. The number of esters is 1. The van der Waals surface area contributed by atoms with Gasteiger partial charge in [0.1, 0.15) is 11.5 Å². The van der Waals surface area contributed by atoms with Crippen LogP contribution in [0.1, 0.15) is 18.4 Å². The third-order valence-electron chi connectivity index (χ3n) is 4.48. The smallest absolute Gasteiger partial charge is 0.343 e. The lowest BCUT2D eigenvalue weighted by atomic mass is 10.2. The van der Waals surface area contributed by atoms with Gasteiger partial charge in [-0.3, -0.25) is 9.59 Å². The second-order valence-electron chi connectivity index (χ2n) is 6.97. The Morgan fingerprint density at radius 1 is 0.967 bits per heavy atom. The fourth-order valence-corrected chi connectivity index (χ4v) is 2.66. The molecule has 1 aliphatic rings. The van der Waals surface area contributed by atoms with Gasteiger partial charge in [0.2, 0.25) is 5.91 Å². The lowest BCUT2D eigenvalue weighted by molar-refractivity contribution is -0.142. The summed E-state index contributed by atoms with van der Waals surface area (Å²) in [6.07, 6.45) is 1.86. The molecule has 2 N–H and O–H groups in total. The first-order chi connectivity index (χ1) is 14.4. The van der Waals surface area contributed by atoms with Crippen LogP contribution >= 0.6 is 0 Å². The second-order valence-corrected chi connectivity index (χ2v) is 6.97. The van der Waals surface area contributed by atoms with Crippen molar-refractivity contribution in [2.24, 2.45) is 5.92 Å². The van der Waals surface area contributed by atoms with Gasteiger partial charge in [-0.25, -0.2) is 4.79 Å². The van der Waals surface area contributed by atoms with Crippen molar-refractivity contribution >= 4 is 29.2 Å². The van der Waals surface area contributed by atoms with Crippen LogP contribution in [0.2, 0.25) is 0 Å². The van der Waals surface area contributed by atoms with Crippen molar-refractivity contribution in [2.75, 3.05) is 31.0 Å². The van der Waals surface area contributed by atoms with Gasteiger partial charge in [-0.2, -0.15) is 0 Å². The maximum absolute atomic E-state index is 12.2. The van der Waals surface area contributed by atoms with Gasteiger partial charge in [0.25, 0.3) is 5.91 Å². The minimum absolute atomic E-state index is 0.0133. The standard InChI is InChI=1S/C22H24N2O6/c1-14-10-18(30-13-21(26)28-2)8-9-19(14)24-20(25)12-29-17-5-3-4-16(11-17)23-22(27)15-6-7-15/h3-5,8-11,15H,6-7,12-13H2,1-2H3,(H,23,27)(H,24,25). The van der Waals surface area contributed by atoms with E-state index in [9.17, 15) is 14.4 Å². The molecule has 2 aromatic rings. The Morgan fingerprint density at radius 2 is 1.70 bits per heavy atom.